The van der Waals surface area contributed by atoms with Gasteiger partial charge in [0.15, 0.2) is 0 Å². The van der Waals surface area contributed by atoms with Crippen LogP contribution in [0.15, 0.2) is 48.5 Å². The SMILES string of the molecule is Cc1ccc(CCCCCCCc2ccc(C)cc2)cc1. The lowest BCUT2D eigenvalue weighted by Crippen LogP contribution is -1.88. The molecule has 0 saturated heterocycles. The average molecular weight is 280 g/mol. The molecule has 0 N–H and O–H groups in total. The topological polar surface area (TPSA) is 0 Å². The van der Waals surface area contributed by atoms with E-state index in [0.717, 1.165) is 0 Å². The van der Waals surface area contributed by atoms with Gasteiger partial charge in [0.1, 0.15) is 0 Å². The molecular formula is C21H28. The van der Waals surface area contributed by atoms with E-state index in [4.69, 9.17) is 0 Å². The first-order chi connectivity index (χ1) is 10.2. The number of unbranched alkanes of at least 4 members (excludes halogenated alkanes) is 4. The van der Waals surface area contributed by atoms with E-state index in [1.165, 1.54) is 67.2 Å². The molecule has 0 atom stereocenters. The molecule has 0 fully saturated rings. The van der Waals surface area contributed by atoms with Gasteiger partial charge in [-0.3, -0.25) is 0 Å². The highest BCUT2D eigenvalue weighted by Gasteiger charge is 1.96. The van der Waals surface area contributed by atoms with Crippen LogP contribution < -0.4 is 0 Å². The van der Waals surface area contributed by atoms with E-state index in [1.807, 2.05) is 0 Å². The molecule has 0 nitrogen and oxygen atoms in total. The maximum absolute atomic E-state index is 2.27. The standard InChI is InChI=1S/C21H28/c1-18-10-14-20(15-11-18)8-6-4-3-5-7-9-21-16-12-19(2)13-17-21/h10-17H,3-9H2,1-2H3. The van der Waals surface area contributed by atoms with Crippen molar-refractivity contribution < 1.29 is 0 Å². The first-order valence-corrected chi connectivity index (χ1v) is 8.35. The highest BCUT2D eigenvalue weighted by atomic mass is 14.0. The molecule has 0 aliphatic carbocycles. The van der Waals surface area contributed by atoms with Crippen LogP contribution in [0.1, 0.15) is 54.4 Å². The van der Waals surface area contributed by atoms with Crippen LogP contribution in [0.4, 0.5) is 0 Å². The fourth-order valence-corrected chi connectivity index (χ4v) is 2.70. The first-order valence-electron chi connectivity index (χ1n) is 8.35. The lowest BCUT2D eigenvalue weighted by Gasteiger charge is -2.04. The summed E-state index contributed by atoms with van der Waals surface area (Å²) in [7, 11) is 0. The van der Waals surface area contributed by atoms with Gasteiger partial charge in [0, 0.05) is 0 Å². The van der Waals surface area contributed by atoms with Gasteiger partial charge in [0.2, 0.25) is 0 Å². The fourth-order valence-electron chi connectivity index (χ4n) is 2.70. The van der Waals surface area contributed by atoms with Crippen molar-refractivity contribution in [1.29, 1.82) is 0 Å². The Morgan fingerprint density at radius 1 is 0.476 bits per heavy atom. The molecule has 21 heavy (non-hydrogen) atoms. The molecule has 0 aromatic heterocycles. The molecule has 0 saturated carbocycles. The zero-order valence-electron chi connectivity index (χ0n) is 13.6. The quantitative estimate of drug-likeness (QED) is 0.517. The van der Waals surface area contributed by atoms with Crippen LogP contribution in [0.3, 0.4) is 0 Å². The Morgan fingerprint density at radius 2 is 0.810 bits per heavy atom. The average Bonchev–Trinajstić information content (AvgIpc) is 2.50. The second-order valence-electron chi connectivity index (χ2n) is 6.24. The Hall–Kier alpha value is -1.56. The number of hydrogen-bond acceptors (Lipinski definition) is 0. The summed E-state index contributed by atoms with van der Waals surface area (Å²) in [4.78, 5) is 0. The largest absolute Gasteiger partial charge is 0.0591 e. The van der Waals surface area contributed by atoms with Crippen LogP contribution in [-0.2, 0) is 12.8 Å². The predicted molar refractivity (Wildman–Crippen MR) is 92.9 cm³/mol. The second kappa shape index (κ2) is 8.67. The summed E-state index contributed by atoms with van der Waals surface area (Å²) in [6, 6.07) is 18.0. The summed E-state index contributed by atoms with van der Waals surface area (Å²) in [6.07, 6.45) is 9.22. The maximum atomic E-state index is 2.27. The molecule has 2 rings (SSSR count). The lowest BCUT2D eigenvalue weighted by atomic mass is 10.0. The van der Waals surface area contributed by atoms with Gasteiger partial charge in [-0.25, -0.2) is 0 Å². The Kier molecular flexibility index (Phi) is 6.53. The minimum atomic E-state index is 1.23. The molecule has 0 radical (unpaired) electrons. The van der Waals surface area contributed by atoms with Crippen LogP contribution in [-0.4, -0.2) is 0 Å². The summed E-state index contributed by atoms with van der Waals surface area (Å²) >= 11 is 0. The molecule has 0 bridgehead atoms. The molecule has 0 spiro atoms. The van der Waals surface area contributed by atoms with Crippen molar-refractivity contribution in [2.45, 2.75) is 58.8 Å². The van der Waals surface area contributed by atoms with E-state index in [2.05, 4.69) is 62.4 Å². The van der Waals surface area contributed by atoms with Gasteiger partial charge in [-0.05, 0) is 50.7 Å². The molecule has 112 valence electrons. The summed E-state index contributed by atoms with van der Waals surface area (Å²) in [5, 5.41) is 0. The van der Waals surface area contributed by atoms with E-state index in [1.54, 1.807) is 0 Å². The molecule has 0 heterocycles. The van der Waals surface area contributed by atoms with Gasteiger partial charge in [0.25, 0.3) is 0 Å². The van der Waals surface area contributed by atoms with Crippen LogP contribution in [0.25, 0.3) is 0 Å². The minimum Gasteiger partial charge on any atom is -0.0591 e. The Balaban J connectivity index is 1.52. The zero-order valence-corrected chi connectivity index (χ0v) is 13.6. The van der Waals surface area contributed by atoms with Gasteiger partial charge in [-0.1, -0.05) is 78.9 Å². The highest BCUT2D eigenvalue weighted by molar-refractivity contribution is 5.22. The molecule has 0 amide bonds. The number of hydrogen-bond donors (Lipinski definition) is 0. The van der Waals surface area contributed by atoms with Crippen molar-refractivity contribution >= 4 is 0 Å². The van der Waals surface area contributed by atoms with Gasteiger partial charge in [-0.2, -0.15) is 0 Å². The third-order valence-electron chi connectivity index (χ3n) is 4.17. The van der Waals surface area contributed by atoms with Crippen molar-refractivity contribution in [3.63, 3.8) is 0 Å². The third kappa shape index (κ3) is 6.16. The number of rotatable bonds is 8. The van der Waals surface area contributed by atoms with Crippen molar-refractivity contribution in [2.24, 2.45) is 0 Å². The van der Waals surface area contributed by atoms with E-state index in [-0.39, 0.29) is 0 Å². The summed E-state index contributed by atoms with van der Waals surface area (Å²) < 4.78 is 0. The van der Waals surface area contributed by atoms with Crippen LogP contribution in [0.2, 0.25) is 0 Å². The Bertz CT molecular complexity index is 455. The molecule has 0 unspecified atom stereocenters. The normalized spacial score (nSPS) is 10.8. The van der Waals surface area contributed by atoms with Crippen molar-refractivity contribution in [3.8, 4) is 0 Å². The van der Waals surface area contributed by atoms with Crippen LogP contribution in [0.5, 0.6) is 0 Å². The summed E-state index contributed by atoms with van der Waals surface area (Å²) in [5.74, 6) is 0. The van der Waals surface area contributed by atoms with Gasteiger partial charge in [0.05, 0.1) is 0 Å². The van der Waals surface area contributed by atoms with E-state index in [9.17, 15) is 0 Å². The monoisotopic (exact) mass is 280 g/mol. The van der Waals surface area contributed by atoms with Crippen LogP contribution in [0, 0.1) is 13.8 Å². The zero-order chi connectivity index (χ0) is 14.9. The molecule has 0 aliphatic rings. The molecule has 0 heteroatoms. The number of aryl methyl sites for hydroxylation is 4. The molecular weight excluding hydrogens is 252 g/mol. The van der Waals surface area contributed by atoms with E-state index >= 15 is 0 Å². The molecule has 2 aromatic carbocycles. The van der Waals surface area contributed by atoms with Crippen molar-refractivity contribution in [1.82, 2.24) is 0 Å². The number of benzene rings is 2. The first kappa shape index (κ1) is 15.8. The van der Waals surface area contributed by atoms with Crippen LogP contribution >= 0.6 is 0 Å². The summed E-state index contributed by atoms with van der Waals surface area (Å²) in [6.45, 7) is 4.30. The van der Waals surface area contributed by atoms with Gasteiger partial charge in [-0.15, -0.1) is 0 Å². The summed E-state index contributed by atoms with van der Waals surface area (Å²) in [5.41, 5.74) is 5.69. The highest BCUT2D eigenvalue weighted by Crippen LogP contribution is 2.12. The Morgan fingerprint density at radius 3 is 1.19 bits per heavy atom. The molecule has 2 aromatic rings. The smallest absolute Gasteiger partial charge is 0.0279 e. The minimum absolute atomic E-state index is 1.23. The van der Waals surface area contributed by atoms with Gasteiger partial charge < -0.3 is 0 Å². The Labute approximate surface area is 130 Å². The van der Waals surface area contributed by atoms with Gasteiger partial charge >= 0.3 is 0 Å². The van der Waals surface area contributed by atoms with Crippen molar-refractivity contribution in [2.75, 3.05) is 0 Å². The second-order valence-corrected chi connectivity index (χ2v) is 6.24. The van der Waals surface area contributed by atoms with E-state index in [0.29, 0.717) is 0 Å². The fraction of sp³-hybridized carbons (Fsp3) is 0.429. The van der Waals surface area contributed by atoms with Crippen molar-refractivity contribution in [3.05, 3.63) is 70.8 Å². The van der Waals surface area contributed by atoms with E-state index < -0.39 is 0 Å². The maximum Gasteiger partial charge on any atom is -0.0279 e. The third-order valence-corrected chi connectivity index (χ3v) is 4.17. The lowest BCUT2D eigenvalue weighted by molar-refractivity contribution is 0.613. The molecule has 0 aliphatic heterocycles. The predicted octanol–water partition coefficient (Wildman–Crippen LogP) is 6.04.